The molecule has 1 N–H and O–H groups in total. The van der Waals surface area contributed by atoms with E-state index < -0.39 is 4.92 Å². The van der Waals surface area contributed by atoms with Crippen molar-refractivity contribution in [2.75, 3.05) is 25.0 Å². The van der Waals surface area contributed by atoms with Crippen molar-refractivity contribution in [3.63, 3.8) is 0 Å². The second-order valence-electron chi connectivity index (χ2n) is 4.69. The number of rotatable bonds is 5. The zero-order chi connectivity index (χ0) is 14.5. The maximum Gasteiger partial charge on any atom is 0.270 e. The van der Waals surface area contributed by atoms with Gasteiger partial charge in [0.1, 0.15) is 0 Å². The fourth-order valence-electron chi connectivity index (χ4n) is 2.19. The van der Waals surface area contributed by atoms with E-state index in [2.05, 4.69) is 21.2 Å². The molecule has 0 aliphatic carbocycles. The molecule has 1 heterocycles. The first-order valence-corrected chi connectivity index (χ1v) is 7.33. The first kappa shape index (κ1) is 14.8. The summed E-state index contributed by atoms with van der Waals surface area (Å²) in [6, 6.07) is 4.53. The molecule has 6 nitrogen and oxygen atoms in total. The highest BCUT2D eigenvalue weighted by molar-refractivity contribution is 9.10. The topological polar surface area (TPSA) is 75.5 Å². The number of benzene rings is 1. The van der Waals surface area contributed by atoms with Crippen LogP contribution >= 0.6 is 15.9 Å². The van der Waals surface area contributed by atoms with Gasteiger partial charge in [0.15, 0.2) is 0 Å². The number of amides is 1. The van der Waals surface area contributed by atoms with Crippen LogP contribution in [0.5, 0.6) is 0 Å². The summed E-state index contributed by atoms with van der Waals surface area (Å²) in [5, 5.41) is 13.7. The van der Waals surface area contributed by atoms with Crippen LogP contribution in [0.2, 0.25) is 0 Å². The van der Waals surface area contributed by atoms with Crippen LogP contribution in [0.25, 0.3) is 0 Å². The lowest BCUT2D eigenvalue weighted by atomic mass is 10.2. The van der Waals surface area contributed by atoms with Gasteiger partial charge >= 0.3 is 0 Å². The molecule has 1 amide bonds. The van der Waals surface area contributed by atoms with Crippen molar-refractivity contribution in [2.24, 2.45) is 0 Å². The number of carbonyl (C=O) groups excluding carboxylic acids is 1. The molecule has 108 valence electrons. The molecule has 7 heteroatoms. The Balaban J connectivity index is 1.84. The molecule has 1 aromatic carbocycles. The van der Waals surface area contributed by atoms with Crippen molar-refractivity contribution < 1.29 is 9.72 Å². The Hall–Kier alpha value is -1.63. The molecule has 1 aliphatic rings. The lowest BCUT2D eigenvalue weighted by Crippen LogP contribution is -2.29. The van der Waals surface area contributed by atoms with Gasteiger partial charge in [-0.2, -0.15) is 0 Å². The Morgan fingerprint density at radius 3 is 2.70 bits per heavy atom. The van der Waals surface area contributed by atoms with E-state index in [-0.39, 0.29) is 11.6 Å². The summed E-state index contributed by atoms with van der Waals surface area (Å²) in [6.07, 6.45) is 2.61. The smallest absolute Gasteiger partial charge is 0.270 e. The van der Waals surface area contributed by atoms with Gasteiger partial charge in [0.25, 0.3) is 5.69 Å². The van der Waals surface area contributed by atoms with Gasteiger partial charge in [0.05, 0.1) is 4.92 Å². The normalized spacial score (nSPS) is 14.3. The molecule has 0 bridgehead atoms. The third-order valence-electron chi connectivity index (χ3n) is 3.28. The van der Waals surface area contributed by atoms with E-state index in [1.165, 1.54) is 12.1 Å². The Kier molecular flexibility index (Phi) is 4.94. The second kappa shape index (κ2) is 6.69. The predicted octanol–water partition coefficient (Wildman–Crippen LogP) is 2.78. The summed E-state index contributed by atoms with van der Waals surface area (Å²) in [6.45, 7) is 2.24. The number of non-ortho nitro benzene ring substituents is 1. The minimum atomic E-state index is -0.439. The largest absolute Gasteiger partial charge is 0.384 e. The molecule has 2 rings (SSSR count). The monoisotopic (exact) mass is 341 g/mol. The fourth-order valence-corrected chi connectivity index (χ4v) is 2.70. The highest BCUT2D eigenvalue weighted by Crippen LogP contribution is 2.27. The predicted molar refractivity (Wildman–Crippen MR) is 79.7 cm³/mol. The van der Waals surface area contributed by atoms with Crippen molar-refractivity contribution in [2.45, 2.75) is 19.3 Å². The van der Waals surface area contributed by atoms with Crippen molar-refractivity contribution in [1.29, 1.82) is 0 Å². The molecule has 0 aromatic heterocycles. The van der Waals surface area contributed by atoms with E-state index in [9.17, 15) is 14.9 Å². The molecule has 0 spiro atoms. The summed E-state index contributed by atoms with van der Waals surface area (Å²) in [5.41, 5.74) is 0.792. The highest BCUT2D eigenvalue weighted by Gasteiger charge is 2.17. The molecule has 1 aliphatic heterocycles. The highest BCUT2D eigenvalue weighted by atomic mass is 79.9. The van der Waals surface area contributed by atoms with Crippen LogP contribution in [0.15, 0.2) is 22.7 Å². The molecular weight excluding hydrogens is 326 g/mol. The lowest BCUT2D eigenvalue weighted by Gasteiger charge is -2.15. The van der Waals surface area contributed by atoms with Crippen molar-refractivity contribution in [3.8, 4) is 0 Å². The SMILES string of the molecule is O=C(CCNc1ccc([N+](=O)[O-])cc1Br)N1CCCC1. The number of nitrogens with zero attached hydrogens (tertiary/aromatic N) is 2. The third-order valence-corrected chi connectivity index (χ3v) is 3.93. The van der Waals surface area contributed by atoms with E-state index in [4.69, 9.17) is 0 Å². The summed E-state index contributed by atoms with van der Waals surface area (Å²) in [7, 11) is 0. The van der Waals surface area contributed by atoms with Crippen LogP contribution in [-0.4, -0.2) is 35.4 Å². The zero-order valence-corrected chi connectivity index (χ0v) is 12.6. The number of hydrogen-bond donors (Lipinski definition) is 1. The van der Waals surface area contributed by atoms with Crippen molar-refractivity contribution >= 4 is 33.2 Å². The van der Waals surface area contributed by atoms with Crippen LogP contribution in [0.4, 0.5) is 11.4 Å². The quantitative estimate of drug-likeness (QED) is 0.659. The number of nitro benzene ring substituents is 1. The molecule has 1 fully saturated rings. The van der Waals surface area contributed by atoms with E-state index in [1.807, 2.05) is 4.90 Å². The molecule has 0 radical (unpaired) electrons. The second-order valence-corrected chi connectivity index (χ2v) is 5.54. The van der Waals surface area contributed by atoms with Crippen LogP contribution in [0.1, 0.15) is 19.3 Å². The maximum atomic E-state index is 11.8. The molecule has 20 heavy (non-hydrogen) atoms. The number of likely N-dealkylation sites (tertiary alicyclic amines) is 1. The average Bonchev–Trinajstić information content (AvgIpc) is 2.94. The molecule has 0 unspecified atom stereocenters. The Morgan fingerprint density at radius 2 is 2.10 bits per heavy atom. The van der Waals surface area contributed by atoms with Gasteiger partial charge in [-0.25, -0.2) is 0 Å². The van der Waals surface area contributed by atoms with Gasteiger partial charge in [0.2, 0.25) is 5.91 Å². The summed E-state index contributed by atoms with van der Waals surface area (Å²) >= 11 is 3.29. The number of halogens is 1. The van der Waals surface area contributed by atoms with E-state index >= 15 is 0 Å². The van der Waals surface area contributed by atoms with E-state index in [0.717, 1.165) is 31.6 Å². The summed E-state index contributed by atoms with van der Waals surface area (Å²) in [5.74, 6) is 0.160. The van der Waals surface area contributed by atoms with Gasteiger partial charge in [-0.1, -0.05) is 0 Å². The van der Waals surface area contributed by atoms with Crippen LogP contribution < -0.4 is 5.32 Å². The maximum absolute atomic E-state index is 11.8. The molecule has 0 saturated carbocycles. The standard InChI is InChI=1S/C13H16BrN3O3/c14-11-9-10(17(19)20)3-4-12(11)15-6-5-13(18)16-7-1-2-8-16/h3-4,9,15H,1-2,5-8H2. The lowest BCUT2D eigenvalue weighted by molar-refractivity contribution is -0.384. The van der Waals surface area contributed by atoms with Gasteiger partial charge in [-0.3, -0.25) is 14.9 Å². The van der Waals surface area contributed by atoms with Crippen LogP contribution in [0.3, 0.4) is 0 Å². The number of nitro groups is 1. The molecule has 1 saturated heterocycles. The van der Waals surface area contributed by atoms with Gasteiger partial charge in [0, 0.05) is 48.3 Å². The van der Waals surface area contributed by atoms with E-state index in [1.54, 1.807) is 6.07 Å². The number of anilines is 1. The number of carbonyl (C=O) groups is 1. The van der Waals surface area contributed by atoms with E-state index in [0.29, 0.717) is 17.4 Å². The van der Waals surface area contributed by atoms with Crippen molar-refractivity contribution in [3.05, 3.63) is 32.8 Å². The van der Waals surface area contributed by atoms with Crippen LogP contribution in [-0.2, 0) is 4.79 Å². The Labute approximate surface area is 125 Å². The van der Waals surface area contributed by atoms with Crippen LogP contribution in [0, 0.1) is 10.1 Å². The first-order valence-electron chi connectivity index (χ1n) is 6.53. The van der Waals surface area contributed by atoms with Gasteiger partial charge < -0.3 is 10.2 Å². The third kappa shape index (κ3) is 3.69. The zero-order valence-electron chi connectivity index (χ0n) is 11.0. The molecular formula is C13H16BrN3O3. The van der Waals surface area contributed by atoms with Gasteiger partial charge in [-0.15, -0.1) is 0 Å². The van der Waals surface area contributed by atoms with Crippen molar-refractivity contribution in [1.82, 2.24) is 4.90 Å². The molecule has 0 atom stereocenters. The first-order chi connectivity index (χ1) is 9.58. The number of hydrogen-bond acceptors (Lipinski definition) is 4. The summed E-state index contributed by atoms with van der Waals surface area (Å²) in [4.78, 5) is 23.9. The molecule has 1 aromatic rings. The number of nitrogens with one attached hydrogen (secondary N) is 1. The minimum Gasteiger partial charge on any atom is -0.384 e. The average molecular weight is 342 g/mol. The minimum absolute atomic E-state index is 0.0376. The van der Waals surface area contributed by atoms with Gasteiger partial charge in [-0.05, 0) is 34.8 Å². The Bertz CT molecular complexity index is 516. The fraction of sp³-hybridized carbons (Fsp3) is 0.462. The summed E-state index contributed by atoms with van der Waals surface area (Å²) < 4.78 is 0.625. The Morgan fingerprint density at radius 1 is 1.40 bits per heavy atom.